The summed E-state index contributed by atoms with van der Waals surface area (Å²) in [6, 6.07) is 0. The lowest BCUT2D eigenvalue weighted by Gasteiger charge is -2.27. The first kappa shape index (κ1) is 25.6. The Morgan fingerprint density at radius 3 is 0.952 bits per heavy atom. The van der Waals surface area contributed by atoms with Gasteiger partial charge in [0.25, 0.3) is 0 Å². The van der Waals surface area contributed by atoms with Crippen molar-refractivity contribution in [1.82, 2.24) is 4.90 Å². The fourth-order valence-corrected chi connectivity index (χ4v) is 0. The minimum atomic E-state index is 0.306. The van der Waals surface area contributed by atoms with Crippen LogP contribution < -0.4 is 0 Å². The van der Waals surface area contributed by atoms with Crippen molar-refractivity contribution in [2.75, 3.05) is 14.1 Å². The Bertz CT molecular complexity index is 246. The van der Waals surface area contributed by atoms with Crippen molar-refractivity contribution in [3.8, 4) is 0 Å². The van der Waals surface area contributed by atoms with Gasteiger partial charge in [0.1, 0.15) is 0 Å². The Balaban J connectivity index is -0.000000231. The Kier molecular flexibility index (Phi) is 11.8. The SMILES string of the molecule is C=C(C)C(C)(C)C.CC(C)C(C)(C)C.CN(C)C(C)(C)C. The van der Waals surface area contributed by atoms with Gasteiger partial charge in [-0.05, 0) is 58.5 Å². The molecule has 0 fully saturated rings. The molecule has 0 aromatic heterocycles. The molecule has 0 bridgehead atoms. The first-order valence-corrected chi connectivity index (χ1v) is 8.16. The van der Waals surface area contributed by atoms with E-state index in [1.807, 2.05) is 0 Å². The third kappa shape index (κ3) is 19.7. The van der Waals surface area contributed by atoms with Crippen molar-refractivity contribution >= 4 is 0 Å². The lowest BCUT2D eigenvalue weighted by atomic mass is 9.84. The summed E-state index contributed by atoms with van der Waals surface area (Å²) in [7, 11) is 4.17. The Morgan fingerprint density at radius 1 is 0.810 bits per heavy atom. The van der Waals surface area contributed by atoms with Gasteiger partial charge in [0, 0.05) is 5.54 Å². The van der Waals surface area contributed by atoms with E-state index >= 15 is 0 Å². The molecule has 0 N–H and O–H groups in total. The van der Waals surface area contributed by atoms with Crippen LogP contribution in [0.4, 0.5) is 0 Å². The summed E-state index contributed by atoms with van der Waals surface area (Å²) in [6.45, 7) is 30.2. The molecule has 0 amide bonds. The molecule has 0 aliphatic heterocycles. The molecule has 0 saturated carbocycles. The molecule has 1 nitrogen and oxygen atoms in total. The molecule has 0 heterocycles. The molecule has 0 aromatic carbocycles. The standard InChI is InChI=1S/C7H16.C7H14.C6H15N/c2*1-6(2)7(3,4)5;1-6(2,3)7(4)5/h6H,1-5H3;1H2,2-5H3;1-5H3. The van der Waals surface area contributed by atoms with Crippen molar-refractivity contribution in [2.45, 2.75) is 88.6 Å². The van der Waals surface area contributed by atoms with Gasteiger partial charge in [-0.15, -0.1) is 0 Å². The zero-order chi connectivity index (χ0) is 18.2. The Hall–Kier alpha value is -0.300. The molecule has 0 aromatic rings. The molecule has 0 unspecified atom stereocenters. The van der Waals surface area contributed by atoms with Gasteiger partial charge in [0.2, 0.25) is 0 Å². The van der Waals surface area contributed by atoms with Crippen LogP contribution in [0.15, 0.2) is 12.2 Å². The lowest BCUT2D eigenvalue weighted by Crippen LogP contribution is -2.34. The maximum absolute atomic E-state index is 3.83. The second kappa shape index (κ2) is 9.66. The fraction of sp³-hybridized carbons (Fsp3) is 0.900. The highest BCUT2D eigenvalue weighted by molar-refractivity contribution is 4.99. The summed E-state index contributed by atoms with van der Waals surface area (Å²) in [5, 5.41) is 0. The molecule has 0 aliphatic carbocycles. The summed E-state index contributed by atoms with van der Waals surface area (Å²) in [6.07, 6.45) is 0. The van der Waals surface area contributed by atoms with Crippen LogP contribution in [0.2, 0.25) is 0 Å². The molecule has 0 rings (SSSR count). The van der Waals surface area contributed by atoms with E-state index in [0.29, 0.717) is 16.4 Å². The van der Waals surface area contributed by atoms with Crippen LogP contribution in [0.3, 0.4) is 0 Å². The largest absolute Gasteiger partial charge is 0.305 e. The minimum absolute atomic E-state index is 0.306. The van der Waals surface area contributed by atoms with E-state index < -0.39 is 0 Å². The predicted octanol–water partition coefficient (Wildman–Crippen LogP) is 6.64. The number of rotatable bonds is 0. The molecule has 0 saturated heterocycles. The average Bonchev–Trinajstić information content (AvgIpc) is 2.14. The van der Waals surface area contributed by atoms with Gasteiger partial charge >= 0.3 is 0 Å². The summed E-state index contributed by atoms with van der Waals surface area (Å²) in [5.41, 5.74) is 2.38. The van der Waals surface area contributed by atoms with Crippen molar-refractivity contribution in [2.24, 2.45) is 16.7 Å². The molecule has 0 radical (unpaired) electrons. The topological polar surface area (TPSA) is 3.24 Å². The highest BCUT2D eigenvalue weighted by atomic mass is 15.1. The zero-order valence-corrected chi connectivity index (χ0v) is 17.7. The van der Waals surface area contributed by atoms with Crippen molar-refractivity contribution in [3.63, 3.8) is 0 Å². The van der Waals surface area contributed by atoms with Gasteiger partial charge in [-0.25, -0.2) is 0 Å². The Morgan fingerprint density at radius 2 is 0.952 bits per heavy atom. The van der Waals surface area contributed by atoms with Crippen LogP contribution in [0.25, 0.3) is 0 Å². The van der Waals surface area contributed by atoms with Crippen molar-refractivity contribution in [1.29, 1.82) is 0 Å². The van der Waals surface area contributed by atoms with E-state index in [1.54, 1.807) is 0 Å². The zero-order valence-electron chi connectivity index (χ0n) is 17.7. The maximum Gasteiger partial charge on any atom is 0.0118 e. The molecular weight excluding hydrogens is 254 g/mol. The molecule has 130 valence electrons. The summed E-state index contributed by atoms with van der Waals surface area (Å²) in [4.78, 5) is 2.19. The van der Waals surface area contributed by atoms with Crippen molar-refractivity contribution < 1.29 is 0 Å². The van der Waals surface area contributed by atoms with Crippen LogP contribution in [0.1, 0.15) is 83.1 Å². The number of allylic oxidation sites excluding steroid dienone is 1. The first-order chi connectivity index (χ1) is 8.83. The van der Waals surface area contributed by atoms with Crippen LogP contribution in [-0.4, -0.2) is 24.5 Å². The van der Waals surface area contributed by atoms with Crippen LogP contribution in [0.5, 0.6) is 0 Å². The molecule has 21 heavy (non-hydrogen) atoms. The van der Waals surface area contributed by atoms with Crippen LogP contribution >= 0.6 is 0 Å². The highest BCUT2D eigenvalue weighted by Gasteiger charge is 2.13. The van der Waals surface area contributed by atoms with Crippen molar-refractivity contribution in [3.05, 3.63) is 12.2 Å². The number of nitrogens with zero attached hydrogens (tertiary/aromatic N) is 1. The summed E-state index contributed by atoms with van der Waals surface area (Å²) in [5.74, 6) is 0.799. The van der Waals surface area contributed by atoms with Gasteiger partial charge in [-0.3, -0.25) is 0 Å². The van der Waals surface area contributed by atoms with Gasteiger partial charge in [-0.1, -0.05) is 67.5 Å². The van der Waals surface area contributed by atoms with E-state index in [4.69, 9.17) is 0 Å². The molecular formula is C20H45N. The molecule has 0 spiro atoms. The van der Waals surface area contributed by atoms with Crippen LogP contribution in [-0.2, 0) is 0 Å². The predicted molar refractivity (Wildman–Crippen MR) is 102 cm³/mol. The Labute approximate surface area is 137 Å². The third-order valence-electron chi connectivity index (χ3n) is 4.35. The minimum Gasteiger partial charge on any atom is -0.305 e. The van der Waals surface area contributed by atoms with E-state index in [-0.39, 0.29) is 0 Å². The molecule has 0 aliphatic rings. The van der Waals surface area contributed by atoms with Gasteiger partial charge < -0.3 is 4.90 Å². The molecule has 1 heteroatoms. The highest BCUT2D eigenvalue weighted by Crippen LogP contribution is 2.23. The monoisotopic (exact) mass is 299 g/mol. The fourth-order valence-electron chi connectivity index (χ4n) is 0. The summed E-state index contributed by atoms with van der Waals surface area (Å²) < 4.78 is 0. The van der Waals surface area contributed by atoms with E-state index in [1.165, 1.54) is 5.57 Å². The number of hydrogen-bond donors (Lipinski definition) is 0. The smallest absolute Gasteiger partial charge is 0.0118 e. The maximum atomic E-state index is 3.83. The van der Waals surface area contributed by atoms with E-state index in [9.17, 15) is 0 Å². The molecule has 0 atom stereocenters. The second-order valence-electron chi connectivity index (χ2n) is 9.62. The van der Waals surface area contributed by atoms with Gasteiger partial charge in [-0.2, -0.15) is 0 Å². The lowest BCUT2D eigenvalue weighted by molar-refractivity contribution is 0.219. The quantitative estimate of drug-likeness (QED) is 0.453. The van der Waals surface area contributed by atoms with Gasteiger partial charge in [0.05, 0.1) is 0 Å². The number of hydrogen-bond acceptors (Lipinski definition) is 1. The first-order valence-electron chi connectivity index (χ1n) is 8.16. The second-order valence-corrected chi connectivity index (χ2v) is 9.62. The third-order valence-corrected chi connectivity index (χ3v) is 4.35. The van der Waals surface area contributed by atoms with E-state index in [0.717, 1.165) is 5.92 Å². The van der Waals surface area contributed by atoms with Gasteiger partial charge in [0.15, 0.2) is 0 Å². The average molecular weight is 300 g/mol. The van der Waals surface area contributed by atoms with Crippen LogP contribution in [0, 0.1) is 16.7 Å². The summed E-state index contributed by atoms with van der Waals surface area (Å²) >= 11 is 0. The normalized spacial score (nSPS) is 12.4. The van der Waals surface area contributed by atoms with E-state index in [2.05, 4.69) is 109 Å².